The van der Waals surface area contributed by atoms with Gasteiger partial charge in [-0.1, -0.05) is 6.08 Å². The normalized spacial score (nSPS) is 25.3. The fourth-order valence-electron chi connectivity index (χ4n) is 1.63. The molecule has 2 atom stereocenters. The van der Waals surface area contributed by atoms with Crippen molar-refractivity contribution >= 4 is 5.97 Å². The Bertz CT molecular complexity index is 309. The van der Waals surface area contributed by atoms with Gasteiger partial charge in [-0.15, -0.1) is 0 Å². The molecule has 0 saturated carbocycles. The van der Waals surface area contributed by atoms with Gasteiger partial charge in [-0.2, -0.15) is 0 Å². The molecule has 0 fully saturated rings. The Balaban J connectivity index is 2.61. The van der Waals surface area contributed by atoms with Crippen molar-refractivity contribution < 1.29 is 14.5 Å². The van der Waals surface area contributed by atoms with Crippen LogP contribution >= 0.6 is 0 Å². The summed E-state index contributed by atoms with van der Waals surface area (Å²) in [6.07, 6.45) is 3.66. The van der Waals surface area contributed by atoms with Crippen LogP contribution in [0.5, 0.6) is 0 Å². The highest BCUT2D eigenvalue weighted by Gasteiger charge is 2.42. The van der Waals surface area contributed by atoms with E-state index in [2.05, 4.69) is 0 Å². The molecule has 0 radical (unpaired) electrons. The van der Waals surface area contributed by atoms with Crippen LogP contribution in [0.15, 0.2) is 12.2 Å². The lowest BCUT2D eigenvalue weighted by molar-refractivity contribution is -0.568. The second kappa shape index (κ2) is 4.00. The maximum Gasteiger partial charge on any atom is 0.303 e. The van der Waals surface area contributed by atoms with Crippen molar-refractivity contribution in [1.82, 2.24) is 0 Å². The van der Waals surface area contributed by atoms with Crippen molar-refractivity contribution in [2.75, 3.05) is 0 Å². The summed E-state index contributed by atoms with van der Waals surface area (Å²) >= 11 is 0. The molecule has 0 N–H and O–H groups in total. The largest absolute Gasteiger partial charge is 0.458 e. The summed E-state index contributed by atoms with van der Waals surface area (Å²) in [6.45, 7) is 4.50. The minimum atomic E-state index is -1.01. The van der Waals surface area contributed by atoms with Gasteiger partial charge in [0, 0.05) is 32.1 Å². The lowest BCUT2D eigenvalue weighted by Crippen LogP contribution is -2.38. The van der Waals surface area contributed by atoms with Crippen molar-refractivity contribution in [3.63, 3.8) is 0 Å². The molecule has 0 unspecified atom stereocenters. The number of carbonyl (C=O) groups is 1. The molecule has 0 aromatic carbocycles. The second-order valence-electron chi connectivity index (χ2n) is 4.29. The summed E-state index contributed by atoms with van der Waals surface area (Å²) in [5.74, 6) is -0.541. The van der Waals surface area contributed by atoms with Crippen LogP contribution in [-0.4, -0.2) is 22.5 Å². The summed E-state index contributed by atoms with van der Waals surface area (Å²) in [4.78, 5) is 21.2. The van der Waals surface area contributed by atoms with Gasteiger partial charge in [-0.3, -0.25) is 14.9 Å². The average molecular weight is 213 g/mol. The highest BCUT2D eigenvalue weighted by Crippen LogP contribution is 2.32. The van der Waals surface area contributed by atoms with Crippen molar-refractivity contribution in [3.8, 4) is 0 Å². The summed E-state index contributed by atoms with van der Waals surface area (Å²) in [5, 5.41) is 10.8. The number of hydrogen-bond donors (Lipinski definition) is 0. The van der Waals surface area contributed by atoms with Crippen LogP contribution in [0, 0.1) is 16.0 Å². The van der Waals surface area contributed by atoms with Crippen molar-refractivity contribution in [1.29, 1.82) is 0 Å². The van der Waals surface area contributed by atoms with E-state index in [1.165, 1.54) is 6.92 Å². The van der Waals surface area contributed by atoms with E-state index in [-0.39, 0.29) is 22.9 Å². The van der Waals surface area contributed by atoms with Crippen LogP contribution in [0.2, 0.25) is 0 Å². The van der Waals surface area contributed by atoms with Crippen molar-refractivity contribution in [2.24, 2.45) is 5.92 Å². The monoisotopic (exact) mass is 213 g/mol. The highest BCUT2D eigenvalue weighted by molar-refractivity contribution is 5.66. The predicted octanol–water partition coefficient (Wildman–Crippen LogP) is 1.55. The van der Waals surface area contributed by atoms with Crippen molar-refractivity contribution in [3.05, 3.63) is 22.3 Å². The Morgan fingerprint density at radius 2 is 2.13 bits per heavy atom. The van der Waals surface area contributed by atoms with E-state index in [9.17, 15) is 14.9 Å². The summed E-state index contributed by atoms with van der Waals surface area (Å²) in [5.41, 5.74) is -1.01. The Labute approximate surface area is 88.3 Å². The summed E-state index contributed by atoms with van der Waals surface area (Å²) in [7, 11) is 0. The minimum Gasteiger partial charge on any atom is -0.458 e. The van der Waals surface area contributed by atoms with Gasteiger partial charge in [-0.05, 0) is 6.08 Å². The van der Waals surface area contributed by atoms with Crippen LogP contribution in [0.1, 0.15) is 27.2 Å². The molecule has 5 nitrogen and oxygen atoms in total. The Morgan fingerprint density at radius 1 is 1.53 bits per heavy atom. The fourth-order valence-corrected chi connectivity index (χ4v) is 1.63. The molecule has 15 heavy (non-hydrogen) atoms. The zero-order chi connectivity index (χ0) is 11.6. The van der Waals surface area contributed by atoms with Gasteiger partial charge in [0.1, 0.15) is 6.10 Å². The molecule has 0 bridgehead atoms. The van der Waals surface area contributed by atoms with Crippen LogP contribution in [0.3, 0.4) is 0 Å². The van der Waals surface area contributed by atoms with E-state index in [1.807, 2.05) is 0 Å². The zero-order valence-electron chi connectivity index (χ0n) is 9.10. The van der Waals surface area contributed by atoms with E-state index >= 15 is 0 Å². The first-order chi connectivity index (χ1) is 6.84. The molecule has 0 aliphatic heterocycles. The van der Waals surface area contributed by atoms with Gasteiger partial charge in [0.25, 0.3) is 0 Å². The fraction of sp³-hybridized carbons (Fsp3) is 0.700. The summed E-state index contributed by atoms with van der Waals surface area (Å²) < 4.78 is 4.97. The number of esters is 1. The predicted molar refractivity (Wildman–Crippen MR) is 53.9 cm³/mol. The molecule has 0 aromatic heterocycles. The lowest BCUT2D eigenvalue weighted by atomic mass is 9.87. The SMILES string of the molecule is CC(=O)O[C@@H]1C=C[C@H](C(C)(C)[N+](=O)[O-])C1. The molecule has 1 rings (SSSR count). The van der Waals surface area contributed by atoms with E-state index in [1.54, 1.807) is 26.0 Å². The van der Waals surface area contributed by atoms with Crippen LogP contribution < -0.4 is 0 Å². The Morgan fingerprint density at radius 3 is 2.60 bits per heavy atom. The van der Waals surface area contributed by atoms with Crippen molar-refractivity contribution in [2.45, 2.75) is 38.8 Å². The maximum absolute atomic E-state index is 10.8. The van der Waals surface area contributed by atoms with E-state index in [0.29, 0.717) is 6.42 Å². The molecule has 5 heteroatoms. The van der Waals surface area contributed by atoms with Gasteiger partial charge in [0.05, 0.1) is 5.92 Å². The molecule has 1 aliphatic rings. The van der Waals surface area contributed by atoms with Gasteiger partial charge in [0.15, 0.2) is 0 Å². The molecular weight excluding hydrogens is 198 g/mol. The Kier molecular flexibility index (Phi) is 3.12. The van der Waals surface area contributed by atoms with Gasteiger partial charge in [-0.25, -0.2) is 0 Å². The highest BCUT2D eigenvalue weighted by atomic mass is 16.6. The first kappa shape index (κ1) is 11.7. The minimum absolute atomic E-state index is 0.183. The van der Waals surface area contributed by atoms with E-state index in [4.69, 9.17) is 4.74 Å². The average Bonchev–Trinajstić information content (AvgIpc) is 2.51. The third kappa shape index (κ3) is 2.55. The lowest BCUT2D eigenvalue weighted by Gasteiger charge is -2.22. The van der Waals surface area contributed by atoms with Crippen LogP contribution in [0.4, 0.5) is 0 Å². The Hall–Kier alpha value is -1.39. The second-order valence-corrected chi connectivity index (χ2v) is 4.29. The van der Waals surface area contributed by atoms with Crippen LogP contribution in [-0.2, 0) is 9.53 Å². The number of nitro groups is 1. The zero-order valence-corrected chi connectivity index (χ0v) is 9.10. The summed E-state index contributed by atoms with van der Waals surface area (Å²) in [6, 6.07) is 0. The molecule has 0 heterocycles. The molecule has 0 spiro atoms. The van der Waals surface area contributed by atoms with Gasteiger partial charge in [0.2, 0.25) is 5.54 Å². The number of hydrogen-bond acceptors (Lipinski definition) is 4. The standard InChI is InChI=1S/C10H15NO4/c1-7(12)15-9-5-4-8(6-9)10(2,3)11(13)14/h4-5,8-9H,6H2,1-3H3/t8-,9+/m0/s1. The smallest absolute Gasteiger partial charge is 0.303 e. The number of ether oxygens (including phenoxy) is 1. The van der Waals surface area contributed by atoms with Crippen LogP contribution in [0.25, 0.3) is 0 Å². The molecule has 0 aromatic rings. The molecule has 0 amide bonds. The first-order valence-electron chi connectivity index (χ1n) is 4.84. The molecule has 1 aliphatic carbocycles. The third-order valence-electron chi connectivity index (χ3n) is 2.74. The third-order valence-corrected chi connectivity index (χ3v) is 2.74. The molecular formula is C10H15NO4. The number of rotatable bonds is 3. The number of carbonyl (C=O) groups excluding carboxylic acids is 1. The van der Waals surface area contributed by atoms with E-state index < -0.39 is 5.54 Å². The van der Waals surface area contributed by atoms with Gasteiger partial charge >= 0.3 is 5.97 Å². The maximum atomic E-state index is 10.8. The van der Waals surface area contributed by atoms with E-state index in [0.717, 1.165) is 0 Å². The molecule has 84 valence electrons. The quantitative estimate of drug-likeness (QED) is 0.308. The topological polar surface area (TPSA) is 69.4 Å². The van der Waals surface area contributed by atoms with Gasteiger partial charge < -0.3 is 4.74 Å². The number of nitrogens with zero attached hydrogens (tertiary/aromatic N) is 1. The first-order valence-corrected chi connectivity index (χ1v) is 4.84. The molecule has 0 saturated heterocycles.